The molecule has 2 aromatic carbocycles. The molecule has 2 heterocycles. The first-order valence-corrected chi connectivity index (χ1v) is 9.78. The Morgan fingerprint density at radius 1 is 1.17 bits per heavy atom. The third-order valence-corrected chi connectivity index (χ3v) is 5.41. The number of rotatable bonds is 6. The minimum Gasteiger partial charge on any atom is -0.326 e. The lowest BCUT2D eigenvalue weighted by molar-refractivity contribution is -0.384. The number of non-ortho nitro benzene ring substituents is 1. The first-order chi connectivity index (χ1) is 14.0. The van der Waals surface area contributed by atoms with Crippen molar-refractivity contribution in [3.05, 3.63) is 80.5 Å². The topological polar surface area (TPSA) is 92.1 Å². The van der Waals surface area contributed by atoms with Crippen LogP contribution in [0.5, 0.6) is 0 Å². The summed E-state index contributed by atoms with van der Waals surface area (Å²) >= 11 is 6.01. The first-order valence-electron chi connectivity index (χ1n) is 9.40. The van der Waals surface area contributed by atoms with Crippen LogP contribution in [0.15, 0.2) is 48.5 Å². The van der Waals surface area contributed by atoms with Crippen molar-refractivity contribution in [3.63, 3.8) is 0 Å². The van der Waals surface area contributed by atoms with Gasteiger partial charge in [0.05, 0.1) is 16.7 Å². The number of amides is 1. The van der Waals surface area contributed by atoms with Crippen molar-refractivity contribution in [2.45, 2.75) is 25.8 Å². The van der Waals surface area contributed by atoms with Gasteiger partial charge in [0, 0.05) is 34.8 Å². The van der Waals surface area contributed by atoms with Gasteiger partial charge in [-0.25, -0.2) is 0 Å². The molecule has 0 saturated heterocycles. The molecule has 0 spiro atoms. The minimum atomic E-state index is -0.430. The quantitative estimate of drug-likeness (QED) is 0.458. The van der Waals surface area contributed by atoms with Crippen molar-refractivity contribution in [2.75, 3.05) is 6.54 Å². The number of nitrogens with zero attached hydrogens (tertiary/aromatic N) is 3. The lowest BCUT2D eigenvalue weighted by atomic mass is 9.96. The third-order valence-electron chi connectivity index (χ3n) is 5.15. The molecule has 1 N–H and O–H groups in total. The Morgan fingerprint density at radius 2 is 1.86 bits per heavy atom. The second kappa shape index (κ2) is 7.67. The van der Waals surface area contributed by atoms with Crippen molar-refractivity contribution < 1.29 is 9.72 Å². The predicted octanol–water partition coefficient (Wildman–Crippen LogP) is 4.98. The summed E-state index contributed by atoms with van der Waals surface area (Å²) in [7, 11) is 0. The number of aromatic amines is 1. The van der Waals surface area contributed by atoms with E-state index < -0.39 is 4.92 Å². The highest BCUT2D eigenvalue weighted by atomic mass is 35.5. The normalized spacial score (nSPS) is 15.6. The number of unbranched alkanes of at least 4 members (excludes halogenated alkanes) is 1. The average molecular weight is 411 g/mol. The van der Waals surface area contributed by atoms with Gasteiger partial charge in [-0.05, 0) is 36.2 Å². The van der Waals surface area contributed by atoms with Crippen LogP contribution in [0.2, 0.25) is 5.02 Å². The van der Waals surface area contributed by atoms with E-state index in [9.17, 15) is 14.9 Å². The number of aromatic nitrogens is 2. The summed E-state index contributed by atoms with van der Waals surface area (Å²) in [6.07, 6.45) is 1.82. The van der Waals surface area contributed by atoms with Gasteiger partial charge >= 0.3 is 0 Å². The molecular weight excluding hydrogens is 392 g/mol. The highest BCUT2D eigenvalue weighted by Crippen LogP contribution is 2.43. The van der Waals surface area contributed by atoms with Gasteiger partial charge in [0.15, 0.2) is 0 Å². The van der Waals surface area contributed by atoms with E-state index >= 15 is 0 Å². The number of carbonyl (C=O) groups excluding carboxylic acids is 1. The molecule has 3 aromatic rings. The number of halogens is 1. The molecule has 29 heavy (non-hydrogen) atoms. The first kappa shape index (κ1) is 19.1. The zero-order valence-corrected chi connectivity index (χ0v) is 16.5. The van der Waals surface area contributed by atoms with Gasteiger partial charge in [-0.3, -0.25) is 20.0 Å². The Morgan fingerprint density at radius 3 is 2.48 bits per heavy atom. The number of H-pyrrole nitrogens is 1. The van der Waals surface area contributed by atoms with Crippen LogP contribution in [0, 0.1) is 10.1 Å². The zero-order valence-electron chi connectivity index (χ0n) is 15.8. The molecule has 4 rings (SSSR count). The summed E-state index contributed by atoms with van der Waals surface area (Å²) in [5, 5.41) is 19.0. The fraction of sp³-hybridized carbons (Fsp3) is 0.238. The fourth-order valence-corrected chi connectivity index (χ4v) is 3.83. The maximum absolute atomic E-state index is 13.1. The molecule has 8 heteroatoms. The van der Waals surface area contributed by atoms with Crippen molar-refractivity contribution >= 4 is 23.2 Å². The van der Waals surface area contributed by atoms with E-state index in [0.717, 1.165) is 29.5 Å². The van der Waals surface area contributed by atoms with Crippen molar-refractivity contribution in [3.8, 4) is 11.3 Å². The molecule has 0 aliphatic carbocycles. The lowest BCUT2D eigenvalue weighted by Gasteiger charge is -2.26. The van der Waals surface area contributed by atoms with Crippen molar-refractivity contribution in [1.82, 2.24) is 15.1 Å². The molecule has 0 bridgehead atoms. The second-order valence-electron chi connectivity index (χ2n) is 6.97. The standard InChI is InChI=1S/C21H19ClN4O3/c1-2-3-12-25-20(14-6-10-16(11-7-14)26(28)29)17-18(23-24-19(17)21(25)27)13-4-8-15(22)9-5-13/h4-11,20H,2-3,12H2,1H3,(H,23,24). The average Bonchev–Trinajstić information content (AvgIpc) is 3.26. The summed E-state index contributed by atoms with van der Waals surface area (Å²) in [5.74, 6) is -0.107. The highest BCUT2D eigenvalue weighted by Gasteiger charge is 2.41. The monoisotopic (exact) mass is 410 g/mol. The third kappa shape index (κ3) is 3.38. The van der Waals surface area contributed by atoms with Gasteiger partial charge in [0.2, 0.25) is 0 Å². The molecule has 1 aliphatic heterocycles. The number of carbonyl (C=O) groups is 1. The van der Waals surface area contributed by atoms with Gasteiger partial charge in [0.25, 0.3) is 11.6 Å². The zero-order chi connectivity index (χ0) is 20.5. The molecular formula is C21H19ClN4O3. The summed E-state index contributed by atoms with van der Waals surface area (Å²) in [6.45, 7) is 2.67. The van der Waals surface area contributed by atoms with Gasteiger partial charge in [-0.15, -0.1) is 0 Å². The van der Waals surface area contributed by atoms with Crippen LogP contribution in [0.1, 0.15) is 47.4 Å². The Bertz CT molecular complexity index is 1060. The van der Waals surface area contributed by atoms with E-state index in [0.29, 0.717) is 23.0 Å². The highest BCUT2D eigenvalue weighted by molar-refractivity contribution is 6.30. The SMILES string of the molecule is CCCCN1C(=O)c2[nH]nc(-c3ccc(Cl)cc3)c2C1c1ccc([N+](=O)[O-])cc1. The van der Waals surface area contributed by atoms with Crippen LogP contribution in [-0.2, 0) is 0 Å². The van der Waals surface area contributed by atoms with Gasteiger partial charge in [-0.1, -0.05) is 37.1 Å². The van der Waals surface area contributed by atoms with E-state index in [1.807, 2.05) is 17.0 Å². The van der Waals surface area contributed by atoms with Crippen LogP contribution in [0.4, 0.5) is 5.69 Å². The van der Waals surface area contributed by atoms with Gasteiger partial charge in [0.1, 0.15) is 5.69 Å². The molecule has 1 atom stereocenters. The molecule has 148 valence electrons. The van der Waals surface area contributed by atoms with E-state index in [4.69, 9.17) is 11.6 Å². The van der Waals surface area contributed by atoms with E-state index in [1.165, 1.54) is 12.1 Å². The van der Waals surface area contributed by atoms with E-state index in [2.05, 4.69) is 17.1 Å². The molecule has 1 aliphatic rings. The molecule has 7 nitrogen and oxygen atoms in total. The van der Waals surface area contributed by atoms with Crippen LogP contribution in [-0.4, -0.2) is 32.5 Å². The fourth-order valence-electron chi connectivity index (χ4n) is 3.71. The summed E-state index contributed by atoms with van der Waals surface area (Å²) < 4.78 is 0. The molecule has 0 saturated carbocycles. The molecule has 1 unspecified atom stereocenters. The molecule has 1 aromatic heterocycles. The van der Waals surface area contributed by atoms with Crippen LogP contribution in [0.3, 0.4) is 0 Å². The van der Waals surface area contributed by atoms with Crippen molar-refractivity contribution in [1.29, 1.82) is 0 Å². The van der Waals surface area contributed by atoms with Crippen LogP contribution in [0.25, 0.3) is 11.3 Å². The number of hydrogen-bond acceptors (Lipinski definition) is 4. The van der Waals surface area contributed by atoms with Gasteiger partial charge in [-0.2, -0.15) is 5.10 Å². The Balaban J connectivity index is 1.83. The van der Waals surface area contributed by atoms with Crippen LogP contribution >= 0.6 is 11.6 Å². The minimum absolute atomic E-state index is 0.0172. The Kier molecular flexibility index (Phi) is 5.07. The predicted molar refractivity (Wildman–Crippen MR) is 110 cm³/mol. The van der Waals surface area contributed by atoms with Crippen molar-refractivity contribution in [2.24, 2.45) is 0 Å². The number of benzene rings is 2. The Labute approximate surface area is 172 Å². The maximum atomic E-state index is 13.1. The number of nitrogens with one attached hydrogen (secondary N) is 1. The maximum Gasteiger partial charge on any atom is 0.273 e. The second-order valence-corrected chi connectivity index (χ2v) is 7.41. The van der Waals surface area contributed by atoms with E-state index in [1.54, 1.807) is 24.3 Å². The summed E-state index contributed by atoms with van der Waals surface area (Å²) in [4.78, 5) is 25.5. The number of nitro groups is 1. The smallest absolute Gasteiger partial charge is 0.273 e. The number of fused-ring (bicyclic) bond motifs is 1. The van der Waals surface area contributed by atoms with Crippen LogP contribution < -0.4 is 0 Å². The van der Waals surface area contributed by atoms with Gasteiger partial charge < -0.3 is 4.90 Å². The summed E-state index contributed by atoms with van der Waals surface area (Å²) in [6, 6.07) is 13.3. The number of nitro benzene ring substituents is 1. The Hall–Kier alpha value is -3.19. The molecule has 0 fully saturated rings. The lowest BCUT2D eigenvalue weighted by Crippen LogP contribution is -2.30. The summed E-state index contributed by atoms with van der Waals surface area (Å²) in [5.41, 5.74) is 3.63. The number of hydrogen-bond donors (Lipinski definition) is 1. The largest absolute Gasteiger partial charge is 0.326 e. The van der Waals surface area contributed by atoms with E-state index in [-0.39, 0.29) is 17.6 Å². The molecule has 1 amide bonds. The molecule has 0 radical (unpaired) electrons.